The van der Waals surface area contributed by atoms with E-state index in [0.29, 0.717) is 167 Å². The van der Waals surface area contributed by atoms with E-state index in [-0.39, 0.29) is 74.4 Å². The van der Waals surface area contributed by atoms with Crippen LogP contribution in [0.2, 0.25) is 0 Å². The first-order valence-electron chi connectivity index (χ1n) is 28.6. The topological polar surface area (TPSA) is 232 Å². The van der Waals surface area contributed by atoms with E-state index >= 15 is 0 Å². The molecule has 25 heteroatoms. The van der Waals surface area contributed by atoms with Gasteiger partial charge in [-0.25, -0.2) is 22.2 Å². The Labute approximate surface area is 490 Å². The number of esters is 1. The Morgan fingerprint density at radius 1 is 0.607 bits per heavy atom. The predicted molar refractivity (Wildman–Crippen MR) is 303 cm³/mol. The van der Waals surface area contributed by atoms with Crippen molar-refractivity contribution in [1.29, 1.82) is 0 Å². The molecule has 3 aromatic rings. The summed E-state index contributed by atoms with van der Waals surface area (Å²) in [4.78, 5) is 44.6. The molecule has 20 nitrogen and oxygen atoms in total. The minimum absolute atomic E-state index is 0.0131. The monoisotopic (exact) mass is 1210 g/mol. The van der Waals surface area contributed by atoms with Crippen LogP contribution in [-0.4, -0.2) is 199 Å². The molecule has 0 unspecified atom stereocenters. The minimum atomic E-state index is -3.79. The summed E-state index contributed by atoms with van der Waals surface area (Å²) in [5, 5.41) is 0. The van der Waals surface area contributed by atoms with Gasteiger partial charge in [0.05, 0.1) is 149 Å². The molecule has 1 fully saturated rings. The van der Waals surface area contributed by atoms with Crippen LogP contribution in [0.3, 0.4) is 0 Å². The second kappa shape index (κ2) is 39.4. The first-order chi connectivity index (χ1) is 40.7. The maximum absolute atomic E-state index is 13.9. The van der Waals surface area contributed by atoms with E-state index in [4.69, 9.17) is 53.1 Å². The second-order valence-corrected chi connectivity index (χ2v) is 21.5. The minimum Gasteiger partial charge on any atom is -0.420 e. The van der Waals surface area contributed by atoms with E-state index in [1.54, 1.807) is 18.2 Å². The highest BCUT2D eigenvalue weighted by Crippen LogP contribution is 2.34. The molecular formula is C59H82F4N4O16S. The molecular weight excluding hydrogens is 1130 g/mol. The number of nitrogens with zero attached hydrogens (tertiary/aromatic N) is 3. The van der Waals surface area contributed by atoms with Gasteiger partial charge >= 0.3 is 5.97 Å². The van der Waals surface area contributed by atoms with Crippen LogP contribution in [0.25, 0.3) is 17.2 Å². The fourth-order valence-electron chi connectivity index (χ4n) is 8.76. The van der Waals surface area contributed by atoms with Crippen LogP contribution in [0.4, 0.5) is 23.2 Å². The van der Waals surface area contributed by atoms with Crippen LogP contribution < -0.4 is 10.5 Å². The summed E-state index contributed by atoms with van der Waals surface area (Å²) in [5.74, 6) is -9.06. The zero-order valence-electron chi connectivity index (χ0n) is 48.3. The average Bonchev–Trinajstić information content (AvgIpc) is 3.89. The largest absolute Gasteiger partial charge is 0.420 e. The lowest BCUT2D eigenvalue weighted by Crippen LogP contribution is -2.38. The average molecular weight is 1210 g/mol. The Bertz CT molecular complexity index is 2630. The van der Waals surface area contributed by atoms with Gasteiger partial charge in [-0.2, -0.15) is 13.1 Å². The third kappa shape index (κ3) is 25.0. The van der Waals surface area contributed by atoms with E-state index in [2.05, 4.69) is 9.73 Å². The number of aliphatic imine (C=N–C) groups is 1. The normalized spacial score (nSPS) is 14.0. The molecule has 0 radical (unpaired) electrons. The van der Waals surface area contributed by atoms with Gasteiger partial charge < -0.3 is 62.7 Å². The number of fused-ring (bicyclic) bond motifs is 1. The number of nitrogens with two attached hydrogens (primary N) is 1. The zero-order valence-corrected chi connectivity index (χ0v) is 49.1. The van der Waals surface area contributed by atoms with Crippen molar-refractivity contribution in [2.45, 2.75) is 70.1 Å². The number of hydrogen-bond donors (Lipinski definition) is 1. The summed E-state index contributed by atoms with van der Waals surface area (Å²) >= 11 is 0. The van der Waals surface area contributed by atoms with Crippen LogP contribution in [0.5, 0.6) is 5.75 Å². The number of amidine groups is 1. The smallest absolute Gasteiger partial charge is 0.313 e. The van der Waals surface area contributed by atoms with Gasteiger partial charge in [-0.15, -0.1) is 0 Å². The molecule has 84 heavy (non-hydrogen) atoms. The lowest BCUT2D eigenvalue weighted by Gasteiger charge is -2.31. The summed E-state index contributed by atoms with van der Waals surface area (Å²) in [7, 11) is -3.79. The zero-order chi connectivity index (χ0) is 60.4. The Morgan fingerprint density at radius 3 is 1.54 bits per heavy atom. The van der Waals surface area contributed by atoms with Crippen molar-refractivity contribution in [3.8, 4) is 16.9 Å². The number of halogens is 4. The molecule has 2 N–H and O–H groups in total. The number of ether oxygens (including phenoxy) is 11. The van der Waals surface area contributed by atoms with E-state index < -0.39 is 51.4 Å². The number of carbonyl (C=O) groups is 3. The van der Waals surface area contributed by atoms with Gasteiger partial charge in [0.1, 0.15) is 11.6 Å². The van der Waals surface area contributed by atoms with E-state index in [1.165, 1.54) is 4.31 Å². The van der Waals surface area contributed by atoms with Gasteiger partial charge in [0.25, 0.3) is 0 Å². The molecule has 1 amide bonds. The number of Topliss-reactive ketones (excluding diaryl/α,β-unsaturated/α-hetero) is 1. The van der Waals surface area contributed by atoms with E-state index in [0.717, 1.165) is 24.0 Å². The highest BCUT2D eigenvalue weighted by Gasteiger charge is 2.31. The molecule has 2 aliphatic rings. The van der Waals surface area contributed by atoms with Crippen molar-refractivity contribution in [3.63, 3.8) is 0 Å². The van der Waals surface area contributed by atoms with Crippen molar-refractivity contribution in [2.24, 2.45) is 16.6 Å². The summed E-state index contributed by atoms with van der Waals surface area (Å²) in [6.07, 6.45) is 5.25. The van der Waals surface area contributed by atoms with Crippen LogP contribution in [-0.2, 0) is 71.8 Å². The van der Waals surface area contributed by atoms with Gasteiger partial charge in [-0.1, -0.05) is 38.1 Å². The number of rotatable bonds is 44. The van der Waals surface area contributed by atoms with Crippen molar-refractivity contribution in [1.82, 2.24) is 9.21 Å². The summed E-state index contributed by atoms with van der Waals surface area (Å²) in [5.41, 5.74) is 9.79. The van der Waals surface area contributed by atoms with Gasteiger partial charge in [-0.3, -0.25) is 14.4 Å². The summed E-state index contributed by atoms with van der Waals surface area (Å²) < 4.78 is 142. The molecule has 468 valence electrons. The number of piperidine rings is 1. The van der Waals surface area contributed by atoms with Gasteiger partial charge in [0, 0.05) is 62.6 Å². The number of sulfonamides is 1. The quantitative estimate of drug-likeness (QED) is 0.0193. The molecule has 1 saturated heterocycles. The van der Waals surface area contributed by atoms with E-state index in [1.807, 2.05) is 49.1 Å². The number of hydrogen-bond acceptors (Lipinski definition) is 18. The molecule has 0 aromatic heterocycles. The first kappa shape index (κ1) is 69.5. The molecule has 0 saturated carbocycles. The van der Waals surface area contributed by atoms with E-state index in [9.17, 15) is 40.4 Å². The molecule has 0 spiro atoms. The maximum atomic E-state index is 13.9. The first-order valence-corrected chi connectivity index (χ1v) is 30.1. The van der Waals surface area contributed by atoms with Gasteiger partial charge in [-0.05, 0) is 67.0 Å². The maximum Gasteiger partial charge on any atom is 0.313 e. The van der Waals surface area contributed by atoms with Gasteiger partial charge in [0.15, 0.2) is 11.6 Å². The highest BCUT2D eigenvalue weighted by molar-refractivity contribution is 7.89. The van der Waals surface area contributed by atoms with Crippen molar-refractivity contribution in [3.05, 3.63) is 82.9 Å². The lowest BCUT2D eigenvalue weighted by molar-refractivity contribution is -0.136. The third-order valence-corrected chi connectivity index (χ3v) is 14.9. The van der Waals surface area contributed by atoms with Crippen molar-refractivity contribution >= 4 is 45.3 Å². The molecule has 3 aromatic carbocycles. The predicted octanol–water partition coefficient (Wildman–Crippen LogP) is 7.25. The van der Waals surface area contributed by atoms with Crippen molar-refractivity contribution in [2.75, 3.05) is 158 Å². The molecule has 0 bridgehead atoms. The summed E-state index contributed by atoms with van der Waals surface area (Å²) in [6.45, 7) is 12.6. The molecule has 0 aliphatic carbocycles. The third-order valence-electron chi connectivity index (χ3n) is 13.1. The Hall–Kier alpha value is -5.29. The standard InChI is InChI=1S/C59H82F4N4O16S/c1-3-14-66(15-4-2)59(70)48-39-47-9-8-46(41-53(47)65-54(64)42-48)45-6-5-7-50(40-45)84(71,72)67-16-10-44(11-17-67)38-49(68)12-18-73-20-22-75-24-26-77-28-30-79-32-34-81-36-37-82-35-33-80-31-29-78-27-25-76-23-21-74-19-13-55(69)83-58-56(62)51(60)43-52(61)57(58)63/h5-9,39-41,43-44H,3-4,10-38,42H2,1-2H3,(H2,64,65). The SMILES string of the molecule is CCCN(CCC)C(=O)C1=Cc2ccc(-c3cccc(S(=O)(=O)N4CCC(CC(=O)CCOCCOCCOCCOCCOCCOCCOCCOCCOCCOCCC(=O)Oc5c(F)c(F)cc(F)c5F)CC4)c3)cc2N=C(N)C1. The van der Waals surface area contributed by atoms with Crippen LogP contribution in [0.15, 0.2) is 64.0 Å². The molecule has 5 rings (SSSR count). The Balaban J connectivity index is 0.768. The van der Waals surface area contributed by atoms with Crippen LogP contribution >= 0.6 is 0 Å². The highest BCUT2D eigenvalue weighted by atomic mass is 32.2. The number of amides is 1. The summed E-state index contributed by atoms with van der Waals surface area (Å²) in [6, 6.07) is 12.6. The fraction of sp³-hybridized carbons (Fsp3) is 0.593. The lowest BCUT2D eigenvalue weighted by atomic mass is 9.92. The molecule has 2 aliphatic heterocycles. The number of ketones is 1. The van der Waals surface area contributed by atoms with Crippen LogP contribution in [0.1, 0.15) is 70.8 Å². The Morgan fingerprint density at radius 2 is 1.06 bits per heavy atom. The van der Waals surface area contributed by atoms with Gasteiger partial charge in [0.2, 0.25) is 33.3 Å². The Kier molecular flexibility index (Phi) is 32.6. The number of benzene rings is 3. The fourth-order valence-corrected chi connectivity index (χ4v) is 10.3. The number of carbonyl (C=O) groups excluding carboxylic acids is 3. The molecule has 2 heterocycles. The molecule has 0 atom stereocenters. The second-order valence-electron chi connectivity index (χ2n) is 19.5. The van der Waals surface area contributed by atoms with Crippen LogP contribution in [0, 0.1) is 29.2 Å². The van der Waals surface area contributed by atoms with Crippen molar-refractivity contribution < 1.29 is 92.5 Å².